The quantitative estimate of drug-likeness (QED) is 0.726. The van der Waals surface area contributed by atoms with E-state index in [2.05, 4.69) is 10.3 Å². The van der Waals surface area contributed by atoms with Gasteiger partial charge in [-0.1, -0.05) is 0 Å². The van der Waals surface area contributed by atoms with E-state index in [1.54, 1.807) is 19.2 Å². The molecule has 1 aromatic heterocycles. The largest absolute Gasteiger partial charge is 0.480 e. The number of nitrogens with one attached hydrogen (secondary N) is 2. The first-order valence-corrected chi connectivity index (χ1v) is 7.95. The predicted octanol–water partition coefficient (Wildman–Crippen LogP) is 1.25. The van der Waals surface area contributed by atoms with Crippen molar-refractivity contribution in [2.24, 2.45) is 7.05 Å². The van der Waals surface area contributed by atoms with Crippen LogP contribution in [0.4, 0.5) is 0 Å². The van der Waals surface area contributed by atoms with E-state index in [0.717, 1.165) is 0 Å². The zero-order valence-electron chi connectivity index (χ0n) is 14.8. The van der Waals surface area contributed by atoms with Crippen LogP contribution in [-0.4, -0.2) is 44.8 Å². The Hall–Kier alpha value is -2.61. The zero-order chi connectivity index (χ0) is 18.8. The van der Waals surface area contributed by atoms with Crippen molar-refractivity contribution in [2.75, 3.05) is 6.61 Å². The number of carbonyl (C=O) groups excluding carboxylic acids is 1. The first-order valence-electron chi connectivity index (χ1n) is 7.95. The van der Waals surface area contributed by atoms with Gasteiger partial charge in [0.1, 0.15) is 6.04 Å². The second-order valence-electron chi connectivity index (χ2n) is 6.83. The Morgan fingerprint density at radius 2 is 2.04 bits per heavy atom. The third-order valence-corrected chi connectivity index (χ3v) is 3.71. The Morgan fingerprint density at radius 3 is 2.64 bits per heavy atom. The molecule has 0 aliphatic carbocycles. The summed E-state index contributed by atoms with van der Waals surface area (Å²) in [4.78, 5) is 38.0. The van der Waals surface area contributed by atoms with Gasteiger partial charge in [-0.2, -0.15) is 0 Å². The van der Waals surface area contributed by atoms with Crippen molar-refractivity contribution in [1.82, 2.24) is 14.9 Å². The summed E-state index contributed by atoms with van der Waals surface area (Å²) in [6, 6.07) is 3.65. The van der Waals surface area contributed by atoms with E-state index in [4.69, 9.17) is 4.74 Å². The normalized spacial score (nSPS) is 13.0. The Morgan fingerprint density at radius 1 is 1.36 bits per heavy atom. The molecule has 25 heavy (non-hydrogen) atoms. The molecule has 0 fully saturated rings. The van der Waals surface area contributed by atoms with E-state index in [1.165, 1.54) is 10.6 Å². The average Bonchev–Trinajstić information content (AvgIpc) is 2.79. The maximum absolute atomic E-state index is 12.4. The van der Waals surface area contributed by atoms with Crippen molar-refractivity contribution >= 4 is 22.9 Å². The minimum absolute atomic E-state index is 0.156. The highest BCUT2D eigenvalue weighted by atomic mass is 16.5. The summed E-state index contributed by atoms with van der Waals surface area (Å²) in [6.45, 7) is 5.83. The number of aromatic amines is 1. The fraction of sp³-hybridized carbons (Fsp3) is 0.471. The van der Waals surface area contributed by atoms with E-state index in [0.29, 0.717) is 11.0 Å². The molecule has 1 heterocycles. The Bertz CT molecular complexity index is 844. The van der Waals surface area contributed by atoms with Crippen molar-refractivity contribution in [2.45, 2.75) is 38.8 Å². The highest BCUT2D eigenvalue weighted by Crippen LogP contribution is 2.13. The molecule has 0 bridgehead atoms. The minimum Gasteiger partial charge on any atom is -0.480 e. The van der Waals surface area contributed by atoms with Crippen LogP contribution in [0, 0.1) is 0 Å². The number of aliphatic carboxylic acids is 1. The molecule has 8 heteroatoms. The lowest BCUT2D eigenvalue weighted by molar-refractivity contribution is -0.140. The number of benzene rings is 1. The van der Waals surface area contributed by atoms with Gasteiger partial charge in [-0.25, -0.2) is 9.59 Å². The lowest BCUT2D eigenvalue weighted by atomic mass is 10.1. The number of fused-ring (bicyclic) bond motifs is 1. The molecule has 0 saturated carbocycles. The van der Waals surface area contributed by atoms with Gasteiger partial charge in [-0.15, -0.1) is 0 Å². The second-order valence-corrected chi connectivity index (χ2v) is 6.83. The highest BCUT2D eigenvalue weighted by Gasteiger charge is 2.22. The molecule has 1 atom stereocenters. The summed E-state index contributed by atoms with van der Waals surface area (Å²) in [6.07, 6.45) is 0.156. The van der Waals surface area contributed by atoms with Gasteiger partial charge in [0.2, 0.25) is 0 Å². The first kappa shape index (κ1) is 18.7. The van der Waals surface area contributed by atoms with Crippen LogP contribution in [-0.2, 0) is 16.6 Å². The van der Waals surface area contributed by atoms with Crippen LogP contribution in [0.2, 0.25) is 0 Å². The summed E-state index contributed by atoms with van der Waals surface area (Å²) >= 11 is 0. The standard InChI is InChI=1S/C17H23N3O5/c1-17(2,3)25-8-7-12(15(22)23)18-14(21)10-5-6-11-13(9-10)20(4)16(24)19-11/h5-6,9,12H,7-8H2,1-4H3,(H,18,21)(H,19,24)(H,22,23). The molecule has 2 aromatic rings. The lowest BCUT2D eigenvalue weighted by Gasteiger charge is -2.21. The van der Waals surface area contributed by atoms with Gasteiger partial charge in [0, 0.05) is 25.6 Å². The van der Waals surface area contributed by atoms with Crippen molar-refractivity contribution in [3.8, 4) is 0 Å². The molecule has 0 saturated heterocycles. The van der Waals surface area contributed by atoms with Crippen LogP contribution >= 0.6 is 0 Å². The van der Waals surface area contributed by atoms with E-state index in [1.807, 2.05) is 20.8 Å². The fourth-order valence-corrected chi connectivity index (χ4v) is 2.35. The van der Waals surface area contributed by atoms with E-state index in [-0.39, 0.29) is 29.9 Å². The first-order chi connectivity index (χ1) is 11.6. The molecule has 2 rings (SSSR count). The number of carbonyl (C=O) groups is 2. The number of carboxylic acid groups (broad SMARTS) is 1. The molecule has 0 aliphatic rings. The Kier molecular flexibility index (Phi) is 5.32. The van der Waals surface area contributed by atoms with Gasteiger partial charge in [0.15, 0.2) is 0 Å². The number of H-pyrrole nitrogens is 1. The third-order valence-electron chi connectivity index (χ3n) is 3.71. The molecule has 0 radical (unpaired) electrons. The summed E-state index contributed by atoms with van der Waals surface area (Å²) < 4.78 is 6.90. The molecular formula is C17H23N3O5. The Balaban J connectivity index is 2.11. The van der Waals surface area contributed by atoms with Crippen LogP contribution in [0.5, 0.6) is 0 Å². The summed E-state index contributed by atoms with van der Waals surface area (Å²) in [5.74, 6) is -1.64. The number of imidazole rings is 1. The van der Waals surface area contributed by atoms with Crippen LogP contribution in [0.25, 0.3) is 11.0 Å². The van der Waals surface area contributed by atoms with Crippen molar-refractivity contribution in [3.63, 3.8) is 0 Å². The number of hydrogen-bond donors (Lipinski definition) is 3. The van der Waals surface area contributed by atoms with Crippen molar-refractivity contribution in [1.29, 1.82) is 0 Å². The van der Waals surface area contributed by atoms with Gasteiger partial charge in [-0.3, -0.25) is 9.36 Å². The molecule has 1 amide bonds. The topological polar surface area (TPSA) is 113 Å². The van der Waals surface area contributed by atoms with E-state index in [9.17, 15) is 19.5 Å². The maximum Gasteiger partial charge on any atom is 0.326 e. The number of aryl methyl sites for hydroxylation is 1. The van der Waals surface area contributed by atoms with Crippen molar-refractivity contribution in [3.05, 3.63) is 34.2 Å². The SMILES string of the molecule is Cn1c(=O)[nH]c2ccc(C(=O)NC(CCOC(C)(C)C)C(=O)O)cc21. The van der Waals surface area contributed by atoms with Gasteiger partial charge < -0.3 is 20.1 Å². The fourth-order valence-electron chi connectivity index (χ4n) is 2.35. The molecule has 3 N–H and O–H groups in total. The average molecular weight is 349 g/mol. The number of rotatable bonds is 6. The van der Waals surface area contributed by atoms with Gasteiger partial charge in [0.05, 0.1) is 16.6 Å². The molecule has 136 valence electrons. The third kappa shape index (κ3) is 4.69. The van der Waals surface area contributed by atoms with E-state index < -0.39 is 17.9 Å². The number of nitrogens with zero attached hydrogens (tertiary/aromatic N) is 1. The monoisotopic (exact) mass is 349 g/mol. The van der Waals surface area contributed by atoms with Crippen LogP contribution in [0.1, 0.15) is 37.6 Å². The zero-order valence-corrected chi connectivity index (χ0v) is 14.8. The van der Waals surface area contributed by atoms with E-state index >= 15 is 0 Å². The van der Waals surface area contributed by atoms with Crippen LogP contribution in [0.3, 0.4) is 0 Å². The highest BCUT2D eigenvalue weighted by molar-refractivity contribution is 5.99. The predicted molar refractivity (Wildman–Crippen MR) is 92.8 cm³/mol. The van der Waals surface area contributed by atoms with Crippen LogP contribution < -0.4 is 11.0 Å². The molecule has 1 unspecified atom stereocenters. The van der Waals surface area contributed by atoms with Crippen LogP contribution in [0.15, 0.2) is 23.0 Å². The minimum atomic E-state index is -1.12. The molecule has 1 aromatic carbocycles. The van der Waals surface area contributed by atoms with Gasteiger partial charge in [0.25, 0.3) is 5.91 Å². The van der Waals surface area contributed by atoms with Crippen molar-refractivity contribution < 1.29 is 19.4 Å². The number of hydrogen-bond acceptors (Lipinski definition) is 4. The molecule has 0 spiro atoms. The summed E-state index contributed by atoms with van der Waals surface area (Å²) in [5.41, 5.74) is 0.801. The second kappa shape index (κ2) is 7.10. The molecular weight excluding hydrogens is 326 g/mol. The lowest BCUT2D eigenvalue weighted by Crippen LogP contribution is -2.42. The van der Waals surface area contributed by atoms with Gasteiger partial charge in [-0.05, 0) is 39.0 Å². The summed E-state index contributed by atoms with van der Waals surface area (Å²) in [5, 5.41) is 11.8. The number of ether oxygens (including phenoxy) is 1. The molecule has 8 nitrogen and oxygen atoms in total. The van der Waals surface area contributed by atoms with Gasteiger partial charge >= 0.3 is 11.7 Å². The smallest absolute Gasteiger partial charge is 0.326 e. The maximum atomic E-state index is 12.4. The summed E-state index contributed by atoms with van der Waals surface area (Å²) in [7, 11) is 1.59. The number of amides is 1. The molecule has 0 aliphatic heterocycles. The number of carboxylic acids is 1. The Labute approximate surface area is 144 Å². The number of aromatic nitrogens is 2.